The van der Waals surface area contributed by atoms with Gasteiger partial charge in [0, 0.05) is 10.6 Å². The van der Waals surface area contributed by atoms with Crippen LogP contribution in [0.1, 0.15) is 35.2 Å². The van der Waals surface area contributed by atoms with Crippen molar-refractivity contribution in [2.24, 2.45) is 10.2 Å². The van der Waals surface area contributed by atoms with Gasteiger partial charge in [0.05, 0.1) is 11.7 Å². The molecule has 0 amide bonds. The molecule has 0 aliphatic heterocycles. The van der Waals surface area contributed by atoms with Gasteiger partial charge in [-0.3, -0.25) is 9.36 Å². The van der Waals surface area contributed by atoms with Gasteiger partial charge in [-0.25, -0.2) is 0 Å². The van der Waals surface area contributed by atoms with Gasteiger partial charge in [0.25, 0.3) is 5.56 Å². The van der Waals surface area contributed by atoms with Gasteiger partial charge in [-0.2, -0.15) is 10.4 Å². The Kier molecular flexibility index (Phi) is 5.81. The molecule has 6 nitrogen and oxygen atoms in total. The molecule has 3 rings (SSSR count). The summed E-state index contributed by atoms with van der Waals surface area (Å²) in [6.45, 7) is 5.21. The van der Waals surface area contributed by atoms with E-state index in [0.717, 1.165) is 15.7 Å². The highest BCUT2D eigenvalue weighted by atomic mass is 35.5. The van der Waals surface area contributed by atoms with E-state index in [1.165, 1.54) is 0 Å². The molecule has 29 heavy (non-hydrogen) atoms. The average Bonchev–Trinajstić information content (AvgIpc) is 2.71. The highest BCUT2D eigenvalue weighted by Crippen LogP contribution is 2.31. The van der Waals surface area contributed by atoms with Gasteiger partial charge in [0.1, 0.15) is 11.6 Å². The van der Waals surface area contributed by atoms with Crippen LogP contribution in [0.2, 0.25) is 5.02 Å². The molecule has 0 bridgehead atoms. The zero-order valence-electron chi connectivity index (χ0n) is 16.2. The minimum absolute atomic E-state index is 0.00108. The van der Waals surface area contributed by atoms with Crippen molar-refractivity contribution in [2.75, 3.05) is 0 Å². The Hall–Kier alpha value is -3.43. The summed E-state index contributed by atoms with van der Waals surface area (Å²) in [7, 11) is 0. The smallest absolute Gasteiger partial charge is 0.282 e. The molecule has 0 spiro atoms. The summed E-state index contributed by atoms with van der Waals surface area (Å²) in [5, 5.41) is 28.9. The molecule has 2 aromatic carbocycles. The summed E-state index contributed by atoms with van der Waals surface area (Å²) < 4.78 is 1.16. The quantitative estimate of drug-likeness (QED) is 0.561. The lowest BCUT2D eigenvalue weighted by molar-refractivity contribution is 0.393. The van der Waals surface area contributed by atoms with E-state index in [0.29, 0.717) is 10.7 Å². The van der Waals surface area contributed by atoms with Crippen LogP contribution in [0.5, 0.6) is 5.88 Å². The van der Waals surface area contributed by atoms with Crippen LogP contribution >= 0.6 is 11.6 Å². The summed E-state index contributed by atoms with van der Waals surface area (Å²) in [5.74, 6) is -0.385. The zero-order chi connectivity index (χ0) is 21.1. The fourth-order valence-corrected chi connectivity index (χ4v) is 3.20. The van der Waals surface area contributed by atoms with Gasteiger partial charge in [0.2, 0.25) is 5.88 Å². The molecule has 0 aliphatic carbocycles. The summed E-state index contributed by atoms with van der Waals surface area (Å²) in [5.41, 5.74) is 1.92. The van der Waals surface area contributed by atoms with Crippen molar-refractivity contribution in [1.29, 1.82) is 5.26 Å². The Balaban J connectivity index is 2.17. The van der Waals surface area contributed by atoms with Crippen LogP contribution in [-0.2, 0) is 0 Å². The highest BCUT2D eigenvalue weighted by molar-refractivity contribution is 6.31. The first-order valence-electron chi connectivity index (χ1n) is 8.96. The third kappa shape index (κ3) is 3.91. The number of hydrogen-bond acceptors (Lipinski definition) is 5. The van der Waals surface area contributed by atoms with E-state index in [-0.39, 0.29) is 22.7 Å². The van der Waals surface area contributed by atoms with Crippen molar-refractivity contribution in [3.05, 3.63) is 86.2 Å². The molecule has 0 radical (unpaired) electrons. The number of pyridine rings is 1. The lowest BCUT2D eigenvalue weighted by Crippen LogP contribution is -2.25. The molecule has 0 saturated heterocycles. The van der Waals surface area contributed by atoms with Gasteiger partial charge >= 0.3 is 0 Å². The molecular weight excluding hydrogens is 388 g/mol. The minimum Gasteiger partial charge on any atom is -0.493 e. The third-order valence-electron chi connectivity index (χ3n) is 4.81. The number of rotatable bonds is 4. The van der Waals surface area contributed by atoms with Crippen LogP contribution in [0, 0.1) is 25.2 Å². The van der Waals surface area contributed by atoms with E-state index in [1.54, 1.807) is 32.0 Å². The highest BCUT2D eigenvalue weighted by Gasteiger charge is 2.23. The average molecular weight is 407 g/mol. The molecule has 3 aromatic rings. The predicted molar refractivity (Wildman–Crippen MR) is 112 cm³/mol. The van der Waals surface area contributed by atoms with Gasteiger partial charge in [-0.05, 0) is 44.0 Å². The van der Waals surface area contributed by atoms with Crippen molar-refractivity contribution < 1.29 is 5.11 Å². The first-order valence-corrected chi connectivity index (χ1v) is 9.34. The normalized spacial score (nSPS) is 12.1. The van der Waals surface area contributed by atoms with E-state index >= 15 is 0 Å². The number of aryl methyl sites for hydroxylation is 1. The number of benzene rings is 2. The number of aromatic nitrogens is 1. The number of nitrogens with zero attached hydrogens (tertiary/aromatic N) is 4. The maximum absolute atomic E-state index is 13.1. The monoisotopic (exact) mass is 406 g/mol. The lowest BCUT2D eigenvalue weighted by Gasteiger charge is -2.19. The fourth-order valence-electron chi connectivity index (χ4n) is 3.02. The molecule has 1 N–H and O–H groups in total. The van der Waals surface area contributed by atoms with Gasteiger partial charge in [-0.1, -0.05) is 48.0 Å². The maximum Gasteiger partial charge on any atom is 0.282 e. The van der Waals surface area contributed by atoms with Gasteiger partial charge in [0.15, 0.2) is 5.69 Å². The van der Waals surface area contributed by atoms with Gasteiger partial charge < -0.3 is 5.11 Å². The number of halogens is 1. The lowest BCUT2D eigenvalue weighted by atomic mass is 10.1. The van der Waals surface area contributed by atoms with E-state index < -0.39 is 11.6 Å². The maximum atomic E-state index is 13.1. The molecule has 7 heteroatoms. The largest absolute Gasteiger partial charge is 0.493 e. The fraction of sp³-hybridized carbons (Fsp3) is 0.182. The van der Waals surface area contributed by atoms with Gasteiger partial charge in [-0.15, -0.1) is 5.11 Å². The molecule has 0 fully saturated rings. The molecule has 0 saturated carbocycles. The number of azo groups is 1. The summed E-state index contributed by atoms with van der Waals surface area (Å²) in [4.78, 5) is 13.1. The molecular formula is C22H19ClN4O2. The molecule has 1 atom stereocenters. The Morgan fingerprint density at radius 2 is 1.83 bits per heavy atom. The van der Waals surface area contributed by atoms with Crippen LogP contribution in [-0.4, -0.2) is 9.67 Å². The first kappa shape index (κ1) is 20.3. The Morgan fingerprint density at radius 3 is 2.45 bits per heavy atom. The summed E-state index contributed by atoms with van der Waals surface area (Å²) in [6.07, 6.45) is 0. The number of aromatic hydroxyl groups is 1. The molecule has 1 aromatic heterocycles. The second kappa shape index (κ2) is 8.29. The van der Waals surface area contributed by atoms with Crippen molar-refractivity contribution in [2.45, 2.75) is 26.8 Å². The Morgan fingerprint density at radius 1 is 1.14 bits per heavy atom. The van der Waals surface area contributed by atoms with E-state index in [9.17, 15) is 15.2 Å². The van der Waals surface area contributed by atoms with Crippen LogP contribution < -0.4 is 5.56 Å². The van der Waals surface area contributed by atoms with E-state index in [2.05, 4.69) is 10.2 Å². The summed E-state index contributed by atoms with van der Waals surface area (Å²) >= 11 is 6.12. The zero-order valence-corrected chi connectivity index (χ0v) is 17.0. The minimum atomic E-state index is -0.530. The third-order valence-corrected chi connectivity index (χ3v) is 5.21. The second-order valence-electron chi connectivity index (χ2n) is 6.68. The number of nitriles is 1. The molecule has 1 heterocycles. The van der Waals surface area contributed by atoms with Crippen LogP contribution in [0.4, 0.5) is 11.4 Å². The number of hydrogen-bond donors (Lipinski definition) is 1. The van der Waals surface area contributed by atoms with Crippen molar-refractivity contribution in [3.63, 3.8) is 0 Å². The Bertz CT molecular complexity index is 1190. The summed E-state index contributed by atoms with van der Waals surface area (Å²) in [6, 6.07) is 15.9. The van der Waals surface area contributed by atoms with Crippen LogP contribution in [0.15, 0.2) is 63.6 Å². The van der Waals surface area contributed by atoms with Crippen molar-refractivity contribution in [1.82, 2.24) is 4.57 Å². The molecule has 1 unspecified atom stereocenters. The van der Waals surface area contributed by atoms with Crippen molar-refractivity contribution in [3.8, 4) is 11.9 Å². The van der Waals surface area contributed by atoms with Crippen LogP contribution in [0.25, 0.3) is 0 Å². The predicted octanol–water partition coefficient (Wildman–Crippen LogP) is 5.72. The second-order valence-corrected chi connectivity index (χ2v) is 7.09. The topological polar surface area (TPSA) is 90.7 Å². The molecule has 146 valence electrons. The van der Waals surface area contributed by atoms with E-state index in [4.69, 9.17) is 11.6 Å². The van der Waals surface area contributed by atoms with E-state index in [1.807, 2.05) is 43.3 Å². The first-order chi connectivity index (χ1) is 13.8. The SMILES string of the molecule is Cc1ccc(N=Nc2c(C)c(C#N)c(O)n(C(C)c3ccccc3)c2=O)cc1Cl. The molecule has 0 aliphatic rings. The van der Waals surface area contributed by atoms with Crippen LogP contribution in [0.3, 0.4) is 0 Å². The standard InChI is InChI=1S/C22H19ClN4O2/c1-13-9-10-17(11-19(13)23)25-26-20-14(2)18(12-24)21(28)27(22(20)29)15(3)16-7-5-4-6-8-16/h4-11,15,28H,1-3H3. The van der Waals surface area contributed by atoms with Crippen molar-refractivity contribution >= 4 is 23.0 Å². The Labute approximate surface area is 173 Å².